The highest BCUT2D eigenvalue weighted by molar-refractivity contribution is 5.78. The van der Waals surface area contributed by atoms with E-state index in [0.29, 0.717) is 19.6 Å². The van der Waals surface area contributed by atoms with Gasteiger partial charge in [-0.05, 0) is 25.0 Å². The first-order valence-electron chi connectivity index (χ1n) is 8.50. The molecule has 1 aromatic heterocycles. The van der Waals surface area contributed by atoms with Crippen molar-refractivity contribution in [2.45, 2.75) is 25.0 Å². The van der Waals surface area contributed by atoms with Crippen LogP contribution in [-0.4, -0.2) is 75.5 Å². The minimum Gasteiger partial charge on any atom is -0.363 e. The average Bonchev–Trinajstić information content (AvgIpc) is 3.01. The number of fused-ring (bicyclic) bond motifs is 1. The lowest BCUT2D eigenvalue weighted by atomic mass is 9.89. The molecule has 2 amide bonds. The van der Waals surface area contributed by atoms with Crippen molar-refractivity contribution in [3.63, 3.8) is 0 Å². The summed E-state index contributed by atoms with van der Waals surface area (Å²) in [6, 6.07) is 7.57. The summed E-state index contributed by atoms with van der Waals surface area (Å²) in [7, 11) is 1.80. The normalized spacial score (nSPS) is 20.4. The summed E-state index contributed by atoms with van der Waals surface area (Å²) in [5, 5.41) is 8.68. The molecule has 0 atom stereocenters. The van der Waals surface area contributed by atoms with Gasteiger partial charge in [0.2, 0.25) is 11.8 Å². The standard InChI is InChI=1S/C17H21N5O3/c1-20-12-17(25-11-16(20)24)6-8-21(9-7-17)15(23)10-22-18-13-4-2-3-5-14(13)19-22/h2-5H,6-12H2,1H3. The van der Waals surface area contributed by atoms with Crippen molar-refractivity contribution < 1.29 is 14.3 Å². The molecule has 2 fully saturated rings. The molecule has 0 bridgehead atoms. The molecule has 0 radical (unpaired) electrons. The SMILES string of the molecule is CN1CC2(CCN(C(=O)Cn3nc4ccccc4n3)CC2)OCC1=O. The molecule has 8 nitrogen and oxygen atoms in total. The molecule has 4 rings (SSSR count). The summed E-state index contributed by atoms with van der Waals surface area (Å²) < 4.78 is 5.82. The van der Waals surface area contributed by atoms with Gasteiger partial charge >= 0.3 is 0 Å². The summed E-state index contributed by atoms with van der Waals surface area (Å²) in [6.07, 6.45) is 1.48. The van der Waals surface area contributed by atoms with Crippen molar-refractivity contribution in [2.75, 3.05) is 33.3 Å². The van der Waals surface area contributed by atoms with Crippen molar-refractivity contribution >= 4 is 22.8 Å². The van der Waals surface area contributed by atoms with Gasteiger partial charge in [0.25, 0.3) is 0 Å². The van der Waals surface area contributed by atoms with E-state index in [1.165, 1.54) is 4.80 Å². The monoisotopic (exact) mass is 343 g/mol. The number of benzene rings is 1. The number of carbonyl (C=O) groups excluding carboxylic acids is 2. The lowest BCUT2D eigenvalue weighted by Crippen LogP contribution is -2.58. The molecule has 2 aliphatic heterocycles. The number of carbonyl (C=O) groups is 2. The van der Waals surface area contributed by atoms with Crippen molar-refractivity contribution in [1.82, 2.24) is 24.8 Å². The molecule has 25 heavy (non-hydrogen) atoms. The second-order valence-electron chi connectivity index (χ2n) is 6.82. The molecule has 2 saturated heterocycles. The first-order chi connectivity index (χ1) is 12.0. The van der Waals surface area contributed by atoms with E-state index in [1.54, 1.807) is 11.9 Å². The number of ether oxygens (including phenoxy) is 1. The lowest BCUT2D eigenvalue weighted by molar-refractivity contribution is -0.171. The Morgan fingerprint density at radius 3 is 2.44 bits per heavy atom. The molecule has 0 unspecified atom stereocenters. The Balaban J connectivity index is 1.37. The molecule has 0 saturated carbocycles. The van der Waals surface area contributed by atoms with E-state index in [4.69, 9.17) is 4.74 Å². The number of piperidine rings is 1. The molecular formula is C17H21N5O3. The molecule has 2 aliphatic rings. The third kappa shape index (κ3) is 3.09. The van der Waals surface area contributed by atoms with E-state index < -0.39 is 0 Å². The number of morpholine rings is 1. The van der Waals surface area contributed by atoms with Gasteiger partial charge < -0.3 is 14.5 Å². The van der Waals surface area contributed by atoms with Gasteiger partial charge in [-0.1, -0.05) is 12.1 Å². The molecule has 132 valence electrons. The number of nitrogens with zero attached hydrogens (tertiary/aromatic N) is 5. The Morgan fingerprint density at radius 2 is 1.84 bits per heavy atom. The fourth-order valence-corrected chi connectivity index (χ4v) is 3.55. The van der Waals surface area contributed by atoms with Gasteiger partial charge in [-0.25, -0.2) is 0 Å². The smallest absolute Gasteiger partial charge is 0.248 e. The fraction of sp³-hybridized carbons (Fsp3) is 0.529. The van der Waals surface area contributed by atoms with Crippen molar-refractivity contribution in [3.05, 3.63) is 24.3 Å². The predicted octanol–water partition coefficient (Wildman–Crippen LogP) is 0.281. The van der Waals surface area contributed by atoms with Crippen LogP contribution in [0.15, 0.2) is 24.3 Å². The zero-order valence-corrected chi connectivity index (χ0v) is 14.2. The van der Waals surface area contributed by atoms with E-state index in [9.17, 15) is 9.59 Å². The third-order valence-electron chi connectivity index (χ3n) is 5.09. The van der Waals surface area contributed by atoms with Gasteiger partial charge in [0, 0.05) is 26.7 Å². The van der Waals surface area contributed by atoms with Crippen molar-refractivity contribution in [3.8, 4) is 0 Å². The van der Waals surface area contributed by atoms with Crippen LogP contribution in [0, 0.1) is 0 Å². The predicted molar refractivity (Wildman–Crippen MR) is 89.7 cm³/mol. The highest BCUT2D eigenvalue weighted by Crippen LogP contribution is 2.30. The first-order valence-corrected chi connectivity index (χ1v) is 8.50. The van der Waals surface area contributed by atoms with Crippen LogP contribution < -0.4 is 0 Å². The molecule has 0 N–H and O–H groups in total. The van der Waals surface area contributed by atoms with Gasteiger partial charge in [-0.15, -0.1) is 0 Å². The van der Waals surface area contributed by atoms with Crippen LogP contribution in [0.1, 0.15) is 12.8 Å². The number of likely N-dealkylation sites (tertiary alicyclic amines) is 1. The molecule has 0 aliphatic carbocycles. The number of likely N-dealkylation sites (N-methyl/N-ethyl adjacent to an activating group) is 1. The van der Waals surface area contributed by atoms with Crippen LogP contribution in [0.4, 0.5) is 0 Å². The topological polar surface area (TPSA) is 80.6 Å². The van der Waals surface area contributed by atoms with Crippen LogP contribution in [0.5, 0.6) is 0 Å². The molecule has 1 aromatic carbocycles. The Bertz CT molecular complexity index is 776. The Kier molecular flexibility index (Phi) is 3.91. The van der Waals surface area contributed by atoms with Crippen LogP contribution in [0.3, 0.4) is 0 Å². The number of hydrogen-bond donors (Lipinski definition) is 0. The highest BCUT2D eigenvalue weighted by atomic mass is 16.5. The van der Waals surface area contributed by atoms with Crippen LogP contribution in [-0.2, 0) is 20.9 Å². The van der Waals surface area contributed by atoms with Gasteiger partial charge in [-0.3, -0.25) is 9.59 Å². The first kappa shape index (κ1) is 16.0. The molecule has 2 aromatic rings. The largest absolute Gasteiger partial charge is 0.363 e. The van der Waals surface area contributed by atoms with Crippen LogP contribution in [0.25, 0.3) is 11.0 Å². The molecule has 1 spiro atoms. The second-order valence-corrected chi connectivity index (χ2v) is 6.82. The molecule has 3 heterocycles. The quantitative estimate of drug-likeness (QED) is 0.782. The van der Waals surface area contributed by atoms with Gasteiger partial charge in [-0.2, -0.15) is 15.0 Å². The summed E-state index contributed by atoms with van der Waals surface area (Å²) in [5.74, 6) is 0.0244. The molecule has 8 heteroatoms. The maximum absolute atomic E-state index is 12.6. The molecular weight excluding hydrogens is 322 g/mol. The van der Waals surface area contributed by atoms with E-state index in [2.05, 4.69) is 10.2 Å². The summed E-state index contributed by atoms with van der Waals surface area (Å²) >= 11 is 0. The van der Waals surface area contributed by atoms with Crippen LogP contribution in [0.2, 0.25) is 0 Å². The summed E-state index contributed by atoms with van der Waals surface area (Å²) in [4.78, 5) is 29.2. The number of amides is 2. The number of aromatic nitrogens is 3. The van der Waals surface area contributed by atoms with Crippen molar-refractivity contribution in [2.24, 2.45) is 0 Å². The van der Waals surface area contributed by atoms with Crippen molar-refractivity contribution in [1.29, 1.82) is 0 Å². The fourth-order valence-electron chi connectivity index (χ4n) is 3.55. The Labute approximate surface area is 145 Å². The third-order valence-corrected chi connectivity index (χ3v) is 5.09. The Hall–Kier alpha value is -2.48. The average molecular weight is 343 g/mol. The van der Waals surface area contributed by atoms with Gasteiger partial charge in [0.1, 0.15) is 24.2 Å². The van der Waals surface area contributed by atoms with E-state index in [-0.39, 0.29) is 30.6 Å². The zero-order chi connectivity index (χ0) is 17.4. The van der Waals surface area contributed by atoms with Gasteiger partial charge in [0.15, 0.2) is 0 Å². The zero-order valence-electron chi connectivity index (χ0n) is 14.2. The van der Waals surface area contributed by atoms with Gasteiger partial charge in [0.05, 0.1) is 5.60 Å². The number of rotatable bonds is 2. The minimum atomic E-state index is -0.307. The highest BCUT2D eigenvalue weighted by Gasteiger charge is 2.41. The number of hydrogen-bond acceptors (Lipinski definition) is 5. The van der Waals surface area contributed by atoms with E-state index >= 15 is 0 Å². The minimum absolute atomic E-state index is 0.00963. The van der Waals surface area contributed by atoms with Crippen LogP contribution >= 0.6 is 0 Å². The maximum atomic E-state index is 12.6. The summed E-state index contributed by atoms with van der Waals surface area (Å²) in [5.41, 5.74) is 1.27. The van der Waals surface area contributed by atoms with E-state index in [1.807, 2.05) is 29.2 Å². The van der Waals surface area contributed by atoms with E-state index in [0.717, 1.165) is 23.9 Å². The Morgan fingerprint density at radius 1 is 1.20 bits per heavy atom. The summed E-state index contributed by atoms with van der Waals surface area (Å²) in [6.45, 7) is 2.12. The lowest BCUT2D eigenvalue weighted by Gasteiger charge is -2.46. The second kappa shape index (κ2) is 6.11. The maximum Gasteiger partial charge on any atom is 0.248 e.